The summed E-state index contributed by atoms with van der Waals surface area (Å²) in [4.78, 5) is 3.30. The monoisotopic (exact) mass is 364 g/mol. The first kappa shape index (κ1) is 17.6. The summed E-state index contributed by atoms with van der Waals surface area (Å²) >= 11 is 4.92. The fourth-order valence-corrected chi connectivity index (χ4v) is 3.16. The fourth-order valence-electron chi connectivity index (χ4n) is 2.87. The molecule has 1 radical (unpaired) electrons. The zero-order chi connectivity index (χ0) is 18.4. The van der Waals surface area contributed by atoms with Crippen molar-refractivity contribution in [1.82, 2.24) is 4.98 Å². The molecule has 1 N–H and O–H groups in total. The highest BCUT2D eigenvalue weighted by atomic mass is 32.1. The van der Waals surface area contributed by atoms with Gasteiger partial charge in [-0.25, -0.2) is 0 Å². The van der Waals surface area contributed by atoms with E-state index in [0.29, 0.717) is 11.3 Å². The van der Waals surface area contributed by atoms with E-state index in [1.165, 1.54) is 6.07 Å². The van der Waals surface area contributed by atoms with E-state index in [9.17, 15) is 13.2 Å². The third-order valence-electron chi connectivity index (χ3n) is 4.08. The number of aromatic amines is 1. The lowest BCUT2D eigenvalue weighted by molar-refractivity contribution is -0.138. The number of rotatable bonds is 3. The van der Waals surface area contributed by atoms with Crippen LogP contribution >= 0.6 is 12.6 Å². The summed E-state index contributed by atoms with van der Waals surface area (Å²) in [6, 6.07) is 7.67. The molecule has 2 aromatic carbocycles. The zero-order valence-corrected chi connectivity index (χ0v) is 14.8. The second kappa shape index (κ2) is 6.26. The minimum atomic E-state index is -4.53. The van der Waals surface area contributed by atoms with Crippen molar-refractivity contribution in [3.05, 3.63) is 53.2 Å². The van der Waals surface area contributed by atoms with Gasteiger partial charge in [0.05, 0.1) is 5.56 Å². The van der Waals surface area contributed by atoms with Gasteiger partial charge in [-0.05, 0) is 54.3 Å². The van der Waals surface area contributed by atoms with Crippen LogP contribution in [0.2, 0.25) is 0 Å². The summed E-state index contributed by atoms with van der Waals surface area (Å²) in [5.41, 5.74) is 1.52. The number of nitrogens with one attached hydrogen (secondary N) is 1. The van der Waals surface area contributed by atoms with Crippen molar-refractivity contribution >= 4 is 23.5 Å². The number of ether oxygens (including phenoxy) is 1. The quantitative estimate of drug-likeness (QED) is 0.533. The minimum absolute atomic E-state index is 0.139. The largest absolute Gasteiger partial charge is 0.456 e. The highest BCUT2D eigenvalue weighted by Gasteiger charge is 2.35. The Kier molecular flexibility index (Phi) is 4.41. The molecule has 0 aliphatic heterocycles. The molecule has 1 aromatic heterocycles. The number of aryl methyl sites for hydroxylation is 1. The van der Waals surface area contributed by atoms with E-state index in [0.717, 1.165) is 22.5 Å². The molecule has 0 unspecified atom stereocenters. The van der Waals surface area contributed by atoms with Crippen molar-refractivity contribution in [2.24, 2.45) is 0 Å². The maximum absolute atomic E-state index is 13.4. The molecule has 131 valence electrons. The van der Waals surface area contributed by atoms with Crippen molar-refractivity contribution < 1.29 is 17.9 Å². The van der Waals surface area contributed by atoms with E-state index in [2.05, 4.69) is 18.8 Å². The Morgan fingerprint density at radius 2 is 1.84 bits per heavy atom. The van der Waals surface area contributed by atoms with Crippen LogP contribution in [0.4, 0.5) is 13.2 Å². The summed E-state index contributed by atoms with van der Waals surface area (Å²) in [5.74, 6) is 0.442. The van der Waals surface area contributed by atoms with Gasteiger partial charge >= 0.3 is 6.18 Å². The molecule has 0 saturated heterocycles. The van der Waals surface area contributed by atoms with Gasteiger partial charge in [0.25, 0.3) is 0 Å². The van der Waals surface area contributed by atoms with Gasteiger partial charge in [-0.3, -0.25) is 0 Å². The van der Waals surface area contributed by atoms with Crippen LogP contribution in [-0.2, 0) is 6.18 Å². The highest BCUT2D eigenvalue weighted by Crippen LogP contribution is 2.42. The van der Waals surface area contributed by atoms with Crippen molar-refractivity contribution in [2.75, 3.05) is 0 Å². The van der Waals surface area contributed by atoms with Crippen LogP contribution in [0.3, 0.4) is 0 Å². The van der Waals surface area contributed by atoms with Gasteiger partial charge < -0.3 is 9.72 Å². The molecule has 0 fully saturated rings. The van der Waals surface area contributed by atoms with Crippen LogP contribution in [0.5, 0.6) is 11.5 Å². The minimum Gasteiger partial charge on any atom is -0.456 e. The lowest BCUT2D eigenvalue weighted by atomic mass is 10.0. The maximum atomic E-state index is 13.4. The molecule has 6 heteroatoms. The van der Waals surface area contributed by atoms with Gasteiger partial charge in [0, 0.05) is 22.0 Å². The Bertz CT molecular complexity index is 928. The average molecular weight is 364 g/mol. The number of fused-ring (bicyclic) bond motifs is 1. The van der Waals surface area contributed by atoms with Crippen LogP contribution in [0, 0.1) is 6.92 Å². The summed E-state index contributed by atoms with van der Waals surface area (Å²) in [6.07, 6.45) is -2.62. The third-order valence-corrected chi connectivity index (χ3v) is 4.32. The van der Waals surface area contributed by atoms with Crippen LogP contribution < -0.4 is 4.74 Å². The van der Waals surface area contributed by atoms with E-state index in [1.807, 2.05) is 6.20 Å². The molecule has 2 nitrogen and oxygen atoms in total. The molecule has 0 aliphatic rings. The van der Waals surface area contributed by atoms with E-state index >= 15 is 0 Å². The number of hydrogen-bond acceptors (Lipinski definition) is 1. The molecule has 3 rings (SSSR count). The molecule has 1 heterocycles. The summed E-state index contributed by atoms with van der Waals surface area (Å²) in [5, 5.41) is 0.943. The second-order valence-electron chi connectivity index (χ2n) is 6.32. The van der Waals surface area contributed by atoms with Crippen LogP contribution in [-0.4, -0.2) is 4.98 Å². The van der Waals surface area contributed by atoms with Crippen molar-refractivity contribution in [3.8, 4) is 11.5 Å². The van der Waals surface area contributed by atoms with E-state index in [-0.39, 0.29) is 16.6 Å². The van der Waals surface area contributed by atoms with Gasteiger partial charge in [0.1, 0.15) is 11.5 Å². The number of hydrogen-bond donors (Lipinski definition) is 1. The molecule has 0 saturated carbocycles. The fraction of sp³-hybridized carbons (Fsp3) is 0.263. The van der Waals surface area contributed by atoms with Gasteiger partial charge in [0.15, 0.2) is 0 Å². The van der Waals surface area contributed by atoms with Crippen molar-refractivity contribution in [3.63, 3.8) is 0 Å². The Balaban J connectivity index is 2.09. The predicted octanol–water partition coefficient (Wildman–Crippen LogP) is 6.97. The van der Waals surface area contributed by atoms with E-state index < -0.39 is 11.7 Å². The Labute approximate surface area is 149 Å². The number of alkyl halides is 3. The highest BCUT2D eigenvalue weighted by molar-refractivity contribution is 7.80. The van der Waals surface area contributed by atoms with E-state index in [1.54, 1.807) is 25.1 Å². The number of benzene rings is 2. The van der Waals surface area contributed by atoms with Crippen LogP contribution in [0.25, 0.3) is 10.9 Å². The molecular formula is C19H17F3NOS. The molecule has 0 bridgehead atoms. The second-order valence-corrected chi connectivity index (χ2v) is 6.79. The summed E-state index contributed by atoms with van der Waals surface area (Å²) < 4.78 is 45.7. The molecular weight excluding hydrogens is 347 g/mol. The van der Waals surface area contributed by atoms with Gasteiger partial charge in [-0.1, -0.05) is 26.5 Å². The van der Waals surface area contributed by atoms with Gasteiger partial charge in [-0.15, -0.1) is 0 Å². The van der Waals surface area contributed by atoms with Crippen molar-refractivity contribution in [2.45, 2.75) is 37.8 Å². The molecule has 0 atom stereocenters. The number of aromatic nitrogens is 1. The number of halogens is 3. The maximum Gasteiger partial charge on any atom is 0.420 e. The van der Waals surface area contributed by atoms with E-state index in [4.69, 9.17) is 17.4 Å². The van der Waals surface area contributed by atoms with Crippen LogP contribution in [0.15, 0.2) is 41.4 Å². The first-order valence-corrected chi connectivity index (χ1v) is 8.25. The average Bonchev–Trinajstić information content (AvgIpc) is 2.92. The summed E-state index contributed by atoms with van der Waals surface area (Å²) in [6.45, 7) is 5.68. The molecule has 0 aliphatic carbocycles. The normalized spacial score (nSPS) is 12.1. The Morgan fingerprint density at radius 3 is 2.48 bits per heavy atom. The van der Waals surface area contributed by atoms with Crippen LogP contribution in [0.1, 0.15) is 36.5 Å². The number of H-pyrrole nitrogens is 1. The standard InChI is InChI=1S/C19H17F3NOS/c1-10(2)15-9-23-17-5-4-12(7-14(15)17)24-18-11(3)6-13(25)8-16(18)19(20,21)22/h4-10,23H,1-3H3. The lowest BCUT2D eigenvalue weighted by Gasteiger charge is -2.17. The summed E-state index contributed by atoms with van der Waals surface area (Å²) in [7, 11) is 0. The third kappa shape index (κ3) is 3.44. The molecule has 0 amide bonds. The Morgan fingerprint density at radius 1 is 1.12 bits per heavy atom. The first-order valence-electron chi connectivity index (χ1n) is 7.84. The molecule has 0 spiro atoms. The van der Waals surface area contributed by atoms with Gasteiger partial charge in [0.2, 0.25) is 0 Å². The Hall–Kier alpha value is -2.21. The SMILES string of the molecule is Cc1cc([S])cc(C(F)(F)F)c1Oc1ccc2[nH]cc(C(C)C)c2c1. The topological polar surface area (TPSA) is 25.0 Å². The smallest absolute Gasteiger partial charge is 0.420 e. The zero-order valence-electron chi connectivity index (χ0n) is 14.0. The predicted molar refractivity (Wildman–Crippen MR) is 94.5 cm³/mol. The lowest BCUT2D eigenvalue weighted by Crippen LogP contribution is -2.08. The molecule has 25 heavy (non-hydrogen) atoms. The van der Waals surface area contributed by atoms with Crippen molar-refractivity contribution in [1.29, 1.82) is 0 Å². The molecule has 3 aromatic rings. The first-order chi connectivity index (χ1) is 11.7. The van der Waals surface area contributed by atoms with Gasteiger partial charge in [-0.2, -0.15) is 13.2 Å².